The molecule has 28 heavy (non-hydrogen) atoms. The molecule has 0 radical (unpaired) electrons. The van der Waals surface area contributed by atoms with Crippen LogP contribution in [0.1, 0.15) is 42.7 Å². The molecule has 1 heterocycles. The smallest absolute Gasteiger partial charge is 0.253 e. The largest absolute Gasteiger partial charge is 0.393 e. The van der Waals surface area contributed by atoms with Gasteiger partial charge in [-0.2, -0.15) is 0 Å². The van der Waals surface area contributed by atoms with Gasteiger partial charge in [-0.1, -0.05) is 11.6 Å². The fourth-order valence-electron chi connectivity index (χ4n) is 4.14. The highest BCUT2D eigenvalue weighted by atomic mass is 32.2. The average molecular weight is 407 g/mol. The number of sulfonamides is 1. The van der Waals surface area contributed by atoms with Crippen molar-refractivity contribution in [2.75, 3.05) is 6.26 Å². The lowest BCUT2D eigenvalue weighted by Crippen LogP contribution is -2.34. The molecule has 1 fully saturated rings. The first-order chi connectivity index (χ1) is 13.1. The van der Waals surface area contributed by atoms with Crippen molar-refractivity contribution in [3.63, 3.8) is 0 Å². The number of rotatable bonds is 4. The van der Waals surface area contributed by atoms with Gasteiger partial charge in [0.2, 0.25) is 10.0 Å². The Balaban J connectivity index is 2.07. The van der Waals surface area contributed by atoms with Crippen LogP contribution < -0.4 is 10.3 Å². The summed E-state index contributed by atoms with van der Waals surface area (Å²) >= 11 is 0. The quantitative estimate of drug-likeness (QED) is 0.783. The van der Waals surface area contributed by atoms with Crippen molar-refractivity contribution in [1.29, 1.82) is 0 Å². The van der Waals surface area contributed by atoms with E-state index in [-0.39, 0.29) is 29.1 Å². The van der Waals surface area contributed by atoms with Crippen LogP contribution in [0.2, 0.25) is 0 Å². The summed E-state index contributed by atoms with van der Waals surface area (Å²) in [6.07, 6.45) is 8.57. The van der Waals surface area contributed by atoms with E-state index < -0.39 is 15.9 Å². The zero-order valence-corrected chi connectivity index (χ0v) is 17.1. The van der Waals surface area contributed by atoms with Crippen LogP contribution in [0, 0.1) is 12.8 Å². The number of carbonyl (C=O) groups is 1. The number of Topliss-reactive ketones (excluding diaryl/α,β-unsaturated/α-hetero) is 1. The molecule has 0 aromatic carbocycles. The van der Waals surface area contributed by atoms with Crippen LogP contribution in [0.25, 0.3) is 0 Å². The maximum atomic E-state index is 13.3. The van der Waals surface area contributed by atoms with E-state index in [4.69, 9.17) is 0 Å². The van der Waals surface area contributed by atoms with E-state index in [0.717, 1.165) is 24.7 Å². The van der Waals surface area contributed by atoms with Crippen LogP contribution >= 0.6 is 0 Å². The van der Waals surface area contributed by atoms with Crippen molar-refractivity contribution in [2.45, 2.75) is 44.6 Å². The van der Waals surface area contributed by atoms with Crippen LogP contribution in [-0.2, 0) is 21.9 Å². The summed E-state index contributed by atoms with van der Waals surface area (Å²) < 4.78 is 27.1. The second-order valence-electron chi connectivity index (χ2n) is 7.80. The lowest BCUT2D eigenvalue weighted by atomic mass is 9.72. The molecule has 2 aliphatic carbocycles. The molecule has 1 saturated carbocycles. The number of hydrogen-bond donors (Lipinski definition) is 2. The summed E-state index contributed by atoms with van der Waals surface area (Å²) in [5.74, 6) is -0.849. The molecule has 3 rings (SSSR count). The summed E-state index contributed by atoms with van der Waals surface area (Å²) in [5, 5.41) is 9.82. The zero-order chi connectivity index (χ0) is 20.6. The second-order valence-corrected chi connectivity index (χ2v) is 9.54. The van der Waals surface area contributed by atoms with Gasteiger partial charge >= 0.3 is 0 Å². The van der Waals surface area contributed by atoms with Crippen molar-refractivity contribution >= 4 is 15.8 Å². The summed E-state index contributed by atoms with van der Waals surface area (Å²) in [7, 11) is -1.95. The number of pyridine rings is 1. The number of hydrogen-bond acceptors (Lipinski definition) is 5. The Morgan fingerprint density at radius 1 is 1.14 bits per heavy atom. The third-order valence-corrected chi connectivity index (χ3v) is 6.07. The molecule has 1 aromatic heterocycles. The van der Waals surface area contributed by atoms with Crippen molar-refractivity contribution in [3.05, 3.63) is 57.2 Å². The maximum Gasteiger partial charge on any atom is 0.253 e. The first-order valence-electron chi connectivity index (χ1n) is 9.36. The molecule has 0 aliphatic heterocycles. The second kappa shape index (κ2) is 7.67. The van der Waals surface area contributed by atoms with Crippen molar-refractivity contribution in [2.24, 2.45) is 13.0 Å². The summed E-state index contributed by atoms with van der Waals surface area (Å²) in [6.45, 7) is 1.70. The fraction of sp³-hybridized carbons (Fsp3) is 0.500. The monoisotopic (exact) mass is 406 g/mol. The number of nitrogens with one attached hydrogen (secondary N) is 1. The summed E-state index contributed by atoms with van der Waals surface area (Å²) in [6, 6.07) is 1.71. The molecule has 1 atom stereocenters. The van der Waals surface area contributed by atoms with Crippen LogP contribution in [0.4, 0.5) is 0 Å². The summed E-state index contributed by atoms with van der Waals surface area (Å²) in [4.78, 5) is 25.3. The average Bonchev–Trinajstić information content (AvgIpc) is 2.60. The number of aryl methyl sites for hydroxylation is 2. The van der Waals surface area contributed by atoms with Gasteiger partial charge in [0.05, 0.1) is 24.0 Å². The molecular weight excluding hydrogens is 380 g/mol. The van der Waals surface area contributed by atoms with Gasteiger partial charge < -0.3 is 9.67 Å². The number of aliphatic hydroxyl groups excluding tert-OH is 1. The SMILES string of the molecule is Cc1cc(C2C(=O)C(NS(C)(=O)=O)=CC=C2C2CCC(O)CC2)cn(C)c1=O. The minimum absolute atomic E-state index is 0.0265. The van der Waals surface area contributed by atoms with E-state index in [1.165, 1.54) is 10.6 Å². The highest BCUT2D eigenvalue weighted by Crippen LogP contribution is 2.41. The van der Waals surface area contributed by atoms with E-state index in [1.807, 2.05) is 6.08 Å². The molecular formula is C20H26N2O5S. The minimum atomic E-state index is -3.59. The molecule has 0 bridgehead atoms. The Kier molecular flexibility index (Phi) is 5.63. The molecule has 2 N–H and O–H groups in total. The third kappa shape index (κ3) is 4.28. The highest BCUT2D eigenvalue weighted by molar-refractivity contribution is 7.88. The Bertz CT molecular complexity index is 985. The number of nitrogens with zero attached hydrogens (tertiary/aromatic N) is 1. The Hall–Kier alpha value is -2.19. The number of allylic oxidation sites excluding steroid dienone is 4. The van der Waals surface area contributed by atoms with E-state index in [2.05, 4.69) is 4.72 Å². The van der Waals surface area contributed by atoms with Crippen LogP contribution in [-0.4, -0.2) is 36.2 Å². The first kappa shape index (κ1) is 20.5. The Labute approximate surface area is 164 Å². The van der Waals surface area contributed by atoms with Gasteiger partial charge in [0.1, 0.15) is 0 Å². The van der Waals surface area contributed by atoms with Gasteiger partial charge in [-0.15, -0.1) is 0 Å². The van der Waals surface area contributed by atoms with Crippen molar-refractivity contribution in [3.8, 4) is 0 Å². The number of aromatic nitrogens is 1. The van der Waals surface area contributed by atoms with Crippen molar-refractivity contribution < 1.29 is 18.3 Å². The zero-order valence-electron chi connectivity index (χ0n) is 16.3. The van der Waals surface area contributed by atoms with E-state index >= 15 is 0 Å². The Morgan fingerprint density at radius 3 is 2.36 bits per heavy atom. The maximum absolute atomic E-state index is 13.3. The van der Waals surface area contributed by atoms with E-state index in [0.29, 0.717) is 24.0 Å². The van der Waals surface area contributed by atoms with Gasteiger partial charge in [0, 0.05) is 18.8 Å². The van der Waals surface area contributed by atoms with Crippen LogP contribution in [0.3, 0.4) is 0 Å². The predicted molar refractivity (Wildman–Crippen MR) is 106 cm³/mol. The molecule has 2 aliphatic rings. The first-order valence-corrected chi connectivity index (χ1v) is 11.2. The van der Waals surface area contributed by atoms with Gasteiger partial charge in [0.25, 0.3) is 5.56 Å². The lowest BCUT2D eigenvalue weighted by Gasteiger charge is -2.33. The normalized spacial score (nSPS) is 25.9. The fourth-order valence-corrected chi connectivity index (χ4v) is 4.71. The molecule has 8 heteroatoms. The molecule has 7 nitrogen and oxygen atoms in total. The predicted octanol–water partition coefficient (Wildman–Crippen LogP) is 1.27. The Morgan fingerprint density at radius 2 is 1.79 bits per heavy atom. The van der Waals surface area contributed by atoms with Crippen LogP contribution in [0.15, 0.2) is 40.5 Å². The molecule has 0 spiro atoms. The summed E-state index contributed by atoms with van der Waals surface area (Å²) in [5.41, 5.74) is 2.00. The highest BCUT2D eigenvalue weighted by Gasteiger charge is 2.36. The molecule has 1 unspecified atom stereocenters. The molecule has 152 valence electrons. The molecule has 0 amide bonds. The van der Waals surface area contributed by atoms with Gasteiger partial charge in [-0.25, -0.2) is 8.42 Å². The van der Waals surface area contributed by atoms with Gasteiger partial charge in [0.15, 0.2) is 5.78 Å². The topological polar surface area (TPSA) is 105 Å². The minimum Gasteiger partial charge on any atom is -0.393 e. The van der Waals surface area contributed by atoms with Crippen LogP contribution in [0.5, 0.6) is 0 Å². The molecule has 1 aromatic rings. The van der Waals surface area contributed by atoms with Gasteiger partial charge in [-0.05, 0) is 56.2 Å². The molecule has 0 saturated heterocycles. The third-order valence-electron chi connectivity index (χ3n) is 5.48. The standard InChI is InChI=1S/C20H26N2O5S/c1-12-10-14(11-22(2)20(12)25)18-16(13-4-6-15(23)7-5-13)8-9-17(19(18)24)21-28(3,26)27/h8-11,13,15,18,21,23H,4-7H2,1-3H3. The number of ketones is 1. The van der Waals surface area contributed by atoms with Gasteiger partial charge in [-0.3, -0.25) is 14.3 Å². The number of carbonyl (C=O) groups excluding carboxylic acids is 1. The van der Waals surface area contributed by atoms with E-state index in [9.17, 15) is 23.1 Å². The number of aliphatic hydroxyl groups is 1. The van der Waals surface area contributed by atoms with E-state index in [1.54, 1.807) is 26.2 Å². The lowest BCUT2D eigenvalue weighted by molar-refractivity contribution is -0.116. The van der Waals surface area contributed by atoms with Crippen molar-refractivity contribution in [1.82, 2.24) is 9.29 Å².